The Balaban J connectivity index is 1.64. The van der Waals surface area contributed by atoms with Crippen LogP contribution in [0.15, 0.2) is 100 Å². The lowest BCUT2D eigenvalue weighted by Crippen LogP contribution is -2.26. The monoisotopic (exact) mass is 556 g/mol. The van der Waals surface area contributed by atoms with E-state index in [2.05, 4.69) is 11.6 Å². The molecule has 12 heteroatoms. The van der Waals surface area contributed by atoms with Gasteiger partial charge in [0.15, 0.2) is 4.80 Å². The molecule has 0 radical (unpaired) electrons. The van der Waals surface area contributed by atoms with E-state index in [1.54, 1.807) is 16.7 Å². The lowest BCUT2D eigenvalue weighted by Gasteiger charge is -2.17. The van der Waals surface area contributed by atoms with Crippen LogP contribution in [0.3, 0.4) is 0 Å². The molecule has 0 bridgehead atoms. The fourth-order valence-corrected chi connectivity index (χ4v) is 6.50. The second-order valence-electron chi connectivity index (χ2n) is 8.15. The van der Waals surface area contributed by atoms with E-state index in [0.717, 1.165) is 16.9 Å². The molecule has 3 aromatic carbocycles. The van der Waals surface area contributed by atoms with Gasteiger partial charge in [-0.2, -0.15) is 9.30 Å². The van der Waals surface area contributed by atoms with Crippen LogP contribution >= 0.6 is 11.3 Å². The summed E-state index contributed by atoms with van der Waals surface area (Å²) in [5.41, 5.74) is 1.73. The second kappa shape index (κ2) is 10.5. The van der Waals surface area contributed by atoms with Crippen molar-refractivity contribution in [2.45, 2.75) is 22.9 Å². The Morgan fingerprint density at radius 1 is 1.03 bits per heavy atom. The molecule has 2 N–H and O–H groups in total. The summed E-state index contributed by atoms with van der Waals surface area (Å²) < 4.78 is 53.0. The number of benzene rings is 3. The van der Waals surface area contributed by atoms with Crippen molar-refractivity contribution < 1.29 is 21.6 Å². The fourth-order valence-electron chi connectivity index (χ4n) is 3.65. The highest BCUT2D eigenvalue weighted by Gasteiger charge is 2.21. The molecule has 0 aliphatic carbocycles. The Morgan fingerprint density at radius 2 is 1.68 bits per heavy atom. The van der Waals surface area contributed by atoms with Gasteiger partial charge in [0, 0.05) is 25.7 Å². The van der Waals surface area contributed by atoms with Crippen molar-refractivity contribution in [1.82, 2.24) is 8.87 Å². The van der Waals surface area contributed by atoms with Gasteiger partial charge in [0.05, 0.1) is 20.0 Å². The number of hydrogen-bond donors (Lipinski definition) is 1. The number of amides is 1. The first kappa shape index (κ1) is 26.6. The van der Waals surface area contributed by atoms with Crippen LogP contribution in [0.1, 0.15) is 15.9 Å². The predicted octanol–water partition coefficient (Wildman–Crippen LogP) is 3.10. The third-order valence-corrected chi connectivity index (χ3v) is 9.32. The number of aromatic nitrogens is 1. The van der Waals surface area contributed by atoms with Crippen LogP contribution in [-0.4, -0.2) is 38.7 Å². The molecule has 0 saturated heterocycles. The van der Waals surface area contributed by atoms with Gasteiger partial charge in [-0.25, -0.2) is 22.0 Å². The number of sulfonamides is 2. The minimum absolute atomic E-state index is 0.0427. The number of thiazole rings is 1. The normalized spacial score (nSPS) is 12.8. The molecule has 0 spiro atoms. The topological polar surface area (TPSA) is 132 Å². The molecular weight excluding hydrogens is 532 g/mol. The molecule has 9 nitrogen and oxygen atoms in total. The molecule has 0 atom stereocenters. The average molecular weight is 557 g/mol. The van der Waals surface area contributed by atoms with Crippen LogP contribution in [-0.2, 0) is 33.1 Å². The molecule has 37 heavy (non-hydrogen) atoms. The number of nitrogens with two attached hydrogens (primary N) is 1. The van der Waals surface area contributed by atoms with Gasteiger partial charge < -0.3 is 4.57 Å². The van der Waals surface area contributed by atoms with Crippen LogP contribution < -0.4 is 9.94 Å². The molecule has 1 aromatic heterocycles. The van der Waals surface area contributed by atoms with E-state index in [0.29, 0.717) is 21.6 Å². The lowest BCUT2D eigenvalue weighted by atomic mass is 10.2. The van der Waals surface area contributed by atoms with Gasteiger partial charge in [0.1, 0.15) is 0 Å². The highest BCUT2D eigenvalue weighted by Crippen LogP contribution is 2.22. The van der Waals surface area contributed by atoms with Crippen molar-refractivity contribution in [2.75, 3.05) is 7.05 Å². The maximum atomic E-state index is 13.0. The van der Waals surface area contributed by atoms with Gasteiger partial charge in [0.25, 0.3) is 5.91 Å². The third kappa shape index (κ3) is 5.78. The van der Waals surface area contributed by atoms with Gasteiger partial charge in [-0.3, -0.25) is 4.79 Å². The highest BCUT2D eigenvalue weighted by atomic mass is 32.2. The van der Waals surface area contributed by atoms with Gasteiger partial charge >= 0.3 is 0 Å². The van der Waals surface area contributed by atoms with Crippen molar-refractivity contribution in [1.29, 1.82) is 0 Å². The molecule has 0 saturated carbocycles. The summed E-state index contributed by atoms with van der Waals surface area (Å²) in [4.78, 5) is 17.5. The second-order valence-corrected chi connectivity index (χ2v) is 12.8. The molecule has 4 aromatic rings. The van der Waals surface area contributed by atoms with Crippen molar-refractivity contribution in [3.8, 4) is 0 Å². The molecule has 0 aliphatic heterocycles. The number of fused-ring (bicyclic) bond motifs is 1. The summed E-state index contributed by atoms with van der Waals surface area (Å²) in [5, 5.41) is 5.24. The Morgan fingerprint density at radius 3 is 2.30 bits per heavy atom. The summed E-state index contributed by atoms with van der Waals surface area (Å²) in [5.74, 6) is -0.572. The van der Waals surface area contributed by atoms with E-state index >= 15 is 0 Å². The zero-order chi connectivity index (χ0) is 26.8. The van der Waals surface area contributed by atoms with Gasteiger partial charge in [-0.15, -0.1) is 6.58 Å². The fraction of sp³-hybridized carbons (Fsp3) is 0.120. The number of rotatable bonds is 8. The zero-order valence-electron chi connectivity index (χ0n) is 19.8. The molecule has 192 valence electrons. The minimum Gasteiger partial charge on any atom is -0.312 e. The van der Waals surface area contributed by atoms with Crippen molar-refractivity contribution >= 4 is 47.5 Å². The predicted molar refractivity (Wildman–Crippen MR) is 143 cm³/mol. The maximum Gasteiger partial charge on any atom is 0.279 e. The number of carbonyl (C=O) groups excluding carboxylic acids is 1. The summed E-state index contributed by atoms with van der Waals surface area (Å²) in [6, 6.07) is 19.2. The van der Waals surface area contributed by atoms with E-state index in [4.69, 9.17) is 5.14 Å². The van der Waals surface area contributed by atoms with E-state index in [-0.39, 0.29) is 21.9 Å². The Labute approximate surface area is 218 Å². The summed E-state index contributed by atoms with van der Waals surface area (Å²) in [7, 11) is -6.16. The van der Waals surface area contributed by atoms with E-state index in [1.165, 1.54) is 47.8 Å². The summed E-state index contributed by atoms with van der Waals surface area (Å²) in [6.45, 7) is 4.28. The van der Waals surface area contributed by atoms with Crippen LogP contribution in [0.2, 0.25) is 0 Å². The average Bonchev–Trinajstić information content (AvgIpc) is 3.20. The molecule has 0 unspecified atom stereocenters. The SMILES string of the molecule is C=CCn1c(=NC(=O)c2ccc(S(=O)(=O)N(C)Cc3ccccc3)cc2)sc2cc(S(N)(=O)=O)ccc21. The molecular formula is C25H24N4O5S3. The van der Waals surface area contributed by atoms with Gasteiger partial charge in [-0.05, 0) is 48.0 Å². The molecule has 0 aliphatic rings. The number of primary sulfonamides is 1. The molecule has 1 amide bonds. The van der Waals surface area contributed by atoms with E-state index < -0.39 is 26.0 Å². The molecule has 0 fully saturated rings. The molecule has 1 heterocycles. The largest absolute Gasteiger partial charge is 0.312 e. The lowest BCUT2D eigenvalue weighted by molar-refractivity contribution is 0.0997. The number of carbonyl (C=O) groups is 1. The Kier molecular flexibility index (Phi) is 7.57. The van der Waals surface area contributed by atoms with Crippen LogP contribution in [0.4, 0.5) is 0 Å². The first-order chi connectivity index (χ1) is 17.5. The third-order valence-electron chi connectivity index (χ3n) is 5.55. The first-order valence-corrected chi connectivity index (χ1v) is 14.8. The number of nitrogens with zero attached hydrogens (tertiary/aromatic N) is 3. The van der Waals surface area contributed by atoms with E-state index in [9.17, 15) is 21.6 Å². The van der Waals surface area contributed by atoms with Crippen molar-refractivity contribution in [3.63, 3.8) is 0 Å². The zero-order valence-corrected chi connectivity index (χ0v) is 22.3. The van der Waals surface area contributed by atoms with Gasteiger partial charge in [-0.1, -0.05) is 47.7 Å². The Hall–Kier alpha value is -3.42. The summed E-state index contributed by atoms with van der Waals surface area (Å²) in [6.07, 6.45) is 1.63. The van der Waals surface area contributed by atoms with Crippen LogP contribution in [0, 0.1) is 0 Å². The maximum absolute atomic E-state index is 13.0. The first-order valence-electron chi connectivity index (χ1n) is 11.0. The van der Waals surface area contributed by atoms with Crippen LogP contribution in [0.5, 0.6) is 0 Å². The quantitative estimate of drug-likeness (QED) is 0.333. The standard InChI is InChI=1S/C25H24N4O5S3/c1-3-15-29-22-14-13-21(36(26,31)32)16-23(22)35-25(29)27-24(30)19-9-11-20(12-10-19)37(33,34)28(2)17-18-7-5-4-6-8-18/h3-14,16H,1,15,17H2,2H3,(H2,26,31,32). The van der Waals surface area contributed by atoms with Crippen molar-refractivity contribution in [3.05, 3.63) is 101 Å². The number of hydrogen-bond acceptors (Lipinski definition) is 6. The van der Waals surface area contributed by atoms with Crippen LogP contribution in [0.25, 0.3) is 10.2 Å². The Bertz CT molecular complexity index is 1760. The van der Waals surface area contributed by atoms with Crippen molar-refractivity contribution in [2.24, 2.45) is 10.1 Å². The molecule has 4 rings (SSSR count). The minimum atomic E-state index is -3.89. The van der Waals surface area contributed by atoms with E-state index in [1.807, 2.05) is 30.3 Å². The number of allylic oxidation sites excluding steroid dienone is 1. The summed E-state index contributed by atoms with van der Waals surface area (Å²) >= 11 is 1.13. The highest BCUT2D eigenvalue weighted by molar-refractivity contribution is 7.89. The van der Waals surface area contributed by atoms with Gasteiger partial charge in [0.2, 0.25) is 20.0 Å². The smallest absolute Gasteiger partial charge is 0.279 e.